The molecule has 3 aromatic carbocycles. The van der Waals surface area contributed by atoms with Crippen LogP contribution in [0.5, 0.6) is 0 Å². The third-order valence-electron chi connectivity index (χ3n) is 3.84. The molecule has 1 heterocycles. The Morgan fingerprint density at radius 1 is 0.833 bits per heavy atom. The van der Waals surface area contributed by atoms with Gasteiger partial charge in [-0.15, -0.1) is 0 Å². The van der Waals surface area contributed by atoms with E-state index in [0.29, 0.717) is 5.56 Å². The molecule has 0 fully saturated rings. The number of hydrogen-bond donors (Lipinski definition) is 1. The van der Waals surface area contributed by atoms with E-state index in [1.165, 1.54) is 0 Å². The molecule has 1 aromatic heterocycles. The highest BCUT2D eigenvalue weighted by atomic mass is 16.1. The van der Waals surface area contributed by atoms with E-state index in [0.717, 1.165) is 22.3 Å². The summed E-state index contributed by atoms with van der Waals surface area (Å²) in [5.41, 5.74) is 3.00. The van der Waals surface area contributed by atoms with E-state index in [2.05, 4.69) is 10.4 Å². The molecule has 4 aromatic rings. The van der Waals surface area contributed by atoms with Crippen LogP contribution in [0, 0.1) is 0 Å². The number of nitrogens with one attached hydrogen (secondary N) is 1. The van der Waals surface area contributed by atoms with Gasteiger partial charge in [-0.3, -0.25) is 4.79 Å². The zero-order valence-corrected chi connectivity index (χ0v) is 12.9. The van der Waals surface area contributed by atoms with Crippen LogP contribution in [0.4, 0.5) is 5.69 Å². The summed E-state index contributed by atoms with van der Waals surface area (Å²) in [6, 6.07) is 24.8. The molecule has 0 atom stereocenters. The van der Waals surface area contributed by atoms with E-state index >= 15 is 0 Å². The van der Waals surface area contributed by atoms with E-state index in [9.17, 15) is 4.79 Å². The number of carbonyl (C=O) groups excluding carboxylic acids is 1. The Balaban J connectivity index is 1.73. The van der Waals surface area contributed by atoms with E-state index < -0.39 is 0 Å². The van der Waals surface area contributed by atoms with Crippen LogP contribution in [0.1, 0.15) is 10.4 Å². The molecule has 0 aliphatic heterocycles. The molecule has 1 amide bonds. The van der Waals surface area contributed by atoms with E-state index in [-0.39, 0.29) is 5.91 Å². The molecule has 0 radical (unpaired) electrons. The van der Waals surface area contributed by atoms with Crippen molar-refractivity contribution in [3.05, 3.63) is 90.6 Å². The Hall–Kier alpha value is -3.40. The predicted molar refractivity (Wildman–Crippen MR) is 95.5 cm³/mol. The minimum absolute atomic E-state index is 0.156. The zero-order valence-electron chi connectivity index (χ0n) is 12.9. The molecule has 24 heavy (non-hydrogen) atoms. The van der Waals surface area contributed by atoms with Crippen LogP contribution in [0.15, 0.2) is 85.1 Å². The summed E-state index contributed by atoms with van der Waals surface area (Å²) in [6.07, 6.45) is 1.93. The first-order valence-electron chi connectivity index (χ1n) is 7.71. The summed E-state index contributed by atoms with van der Waals surface area (Å²) in [6.45, 7) is 0. The number of amides is 1. The van der Waals surface area contributed by atoms with Gasteiger partial charge in [0.05, 0.1) is 16.8 Å². The minimum Gasteiger partial charge on any atom is -0.322 e. The highest BCUT2D eigenvalue weighted by molar-refractivity contribution is 6.06. The number of nitrogens with zero attached hydrogens (tertiary/aromatic N) is 2. The normalized spacial score (nSPS) is 10.7. The molecular weight excluding hydrogens is 298 g/mol. The van der Waals surface area contributed by atoms with Gasteiger partial charge in [0.15, 0.2) is 0 Å². The molecule has 0 aliphatic carbocycles. The van der Waals surface area contributed by atoms with Gasteiger partial charge in [0.1, 0.15) is 0 Å². The summed E-state index contributed by atoms with van der Waals surface area (Å²) in [5, 5.41) is 8.53. The SMILES string of the molecule is O=C(Nc1ccccc1)c1ccccc1-n1cc2ccccc2n1. The van der Waals surface area contributed by atoms with Gasteiger partial charge in [0.2, 0.25) is 0 Å². The van der Waals surface area contributed by atoms with E-state index in [4.69, 9.17) is 0 Å². The van der Waals surface area contributed by atoms with Gasteiger partial charge in [-0.25, -0.2) is 4.68 Å². The second-order valence-electron chi connectivity index (χ2n) is 5.47. The first kappa shape index (κ1) is 14.2. The van der Waals surface area contributed by atoms with Crippen molar-refractivity contribution >= 4 is 22.5 Å². The zero-order chi connectivity index (χ0) is 16.4. The lowest BCUT2D eigenvalue weighted by atomic mass is 10.1. The fraction of sp³-hybridized carbons (Fsp3) is 0. The predicted octanol–water partition coefficient (Wildman–Crippen LogP) is 4.28. The molecule has 0 spiro atoms. The lowest BCUT2D eigenvalue weighted by Crippen LogP contribution is -2.15. The second kappa shape index (κ2) is 6.01. The number of carbonyl (C=O) groups is 1. The topological polar surface area (TPSA) is 46.9 Å². The summed E-state index contributed by atoms with van der Waals surface area (Å²) < 4.78 is 1.75. The van der Waals surface area contributed by atoms with Crippen molar-refractivity contribution in [2.75, 3.05) is 5.32 Å². The highest BCUT2D eigenvalue weighted by Crippen LogP contribution is 2.19. The smallest absolute Gasteiger partial charge is 0.257 e. The molecule has 4 rings (SSSR count). The third-order valence-corrected chi connectivity index (χ3v) is 3.84. The Bertz CT molecular complexity index is 973. The molecule has 0 saturated carbocycles. The Kier molecular flexibility index (Phi) is 3.56. The summed E-state index contributed by atoms with van der Waals surface area (Å²) >= 11 is 0. The summed E-state index contributed by atoms with van der Waals surface area (Å²) in [4.78, 5) is 12.7. The Morgan fingerprint density at radius 3 is 2.38 bits per heavy atom. The van der Waals surface area contributed by atoms with Crippen LogP contribution in [-0.2, 0) is 0 Å². The van der Waals surface area contributed by atoms with Gasteiger partial charge in [0, 0.05) is 17.3 Å². The van der Waals surface area contributed by atoms with E-state index in [1.54, 1.807) is 10.7 Å². The lowest BCUT2D eigenvalue weighted by Gasteiger charge is -2.10. The van der Waals surface area contributed by atoms with Crippen molar-refractivity contribution in [1.29, 1.82) is 0 Å². The van der Waals surface area contributed by atoms with Crippen LogP contribution >= 0.6 is 0 Å². The molecule has 0 aliphatic rings. The number of hydrogen-bond acceptors (Lipinski definition) is 2. The number of fused-ring (bicyclic) bond motifs is 1. The standard InChI is InChI=1S/C20H15N3O/c24-20(21-16-9-2-1-3-10-16)17-11-5-7-13-19(17)23-14-15-8-4-6-12-18(15)22-23/h1-14H,(H,21,24). The van der Waals surface area contributed by atoms with Crippen molar-refractivity contribution in [3.63, 3.8) is 0 Å². The summed E-state index contributed by atoms with van der Waals surface area (Å²) in [7, 11) is 0. The number of rotatable bonds is 3. The number of anilines is 1. The largest absolute Gasteiger partial charge is 0.322 e. The molecular formula is C20H15N3O. The van der Waals surface area contributed by atoms with Crippen LogP contribution in [-0.4, -0.2) is 15.7 Å². The average Bonchev–Trinajstić information content (AvgIpc) is 3.06. The molecule has 116 valence electrons. The molecule has 0 saturated heterocycles. The van der Waals surface area contributed by atoms with Crippen molar-refractivity contribution in [2.45, 2.75) is 0 Å². The number of benzene rings is 3. The van der Waals surface area contributed by atoms with Crippen molar-refractivity contribution in [2.24, 2.45) is 0 Å². The molecule has 1 N–H and O–H groups in total. The van der Waals surface area contributed by atoms with E-state index in [1.807, 2.05) is 79.0 Å². The summed E-state index contributed by atoms with van der Waals surface area (Å²) in [5.74, 6) is -0.156. The molecule has 0 bridgehead atoms. The van der Waals surface area contributed by atoms with Crippen LogP contribution < -0.4 is 5.32 Å². The Labute approximate surface area is 139 Å². The second-order valence-corrected chi connectivity index (χ2v) is 5.47. The minimum atomic E-state index is -0.156. The first-order valence-corrected chi connectivity index (χ1v) is 7.71. The number of aromatic nitrogens is 2. The molecule has 0 unspecified atom stereocenters. The highest BCUT2D eigenvalue weighted by Gasteiger charge is 2.13. The third kappa shape index (κ3) is 2.65. The number of para-hydroxylation sites is 2. The first-order chi connectivity index (χ1) is 11.8. The fourth-order valence-electron chi connectivity index (χ4n) is 2.67. The van der Waals surface area contributed by atoms with Gasteiger partial charge in [0.25, 0.3) is 5.91 Å². The van der Waals surface area contributed by atoms with Crippen molar-refractivity contribution in [1.82, 2.24) is 9.78 Å². The van der Waals surface area contributed by atoms with Gasteiger partial charge in [-0.05, 0) is 30.3 Å². The van der Waals surface area contributed by atoms with Crippen LogP contribution in [0.25, 0.3) is 16.6 Å². The van der Waals surface area contributed by atoms with Crippen LogP contribution in [0.2, 0.25) is 0 Å². The van der Waals surface area contributed by atoms with Gasteiger partial charge >= 0.3 is 0 Å². The van der Waals surface area contributed by atoms with Crippen molar-refractivity contribution in [3.8, 4) is 5.69 Å². The van der Waals surface area contributed by atoms with Gasteiger partial charge < -0.3 is 5.32 Å². The molecule has 4 heteroatoms. The maximum absolute atomic E-state index is 12.7. The fourth-order valence-corrected chi connectivity index (χ4v) is 2.67. The molecule has 4 nitrogen and oxygen atoms in total. The van der Waals surface area contributed by atoms with Gasteiger partial charge in [-0.1, -0.05) is 48.5 Å². The monoisotopic (exact) mass is 313 g/mol. The Morgan fingerprint density at radius 2 is 1.54 bits per heavy atom. The maximum atomic E-state index is 12.7. The average molecular weight is 313 g/mol. The van der Waals surface area contributed by atoms with Crippen molar-refractivity contribution < 1.29 is 4.79 Å². The van der Waals surface area contributed by atoms with Crippen LogP contribution in [0.3, 0.4) is 0 Å². The van der Waals surface area contributed by atoms with Gasteiger partial charge in [-0.2, -0.15) is 5.10 Å². The quantitative estimate of drug-likeness (QED) is 0.614. The maximum Gasteiger partial charge on any atom is 0.257 e. The lowest BCUT2D eigenvalue weighted by molar-refractivity contribution is 0.102.